The largest absolute Gasteiger partial charge is 0.398 e. The summed E-state index contributed by atoms with van der Waals surface area (Å²) in [6.07, 6.45) is 4.17. The summed E-state index contributed by atoms with van der Waals surface area (Å²) >= 11 is 0. The Morgan fingerprint density at radius 3 is 2.53 bits per heavy atom. The van der Waals surface area contributed by atoms with Crippen molar-refractivity contribution in [2.45, 2.75) is 50.5 Å². The zero-order valence-electron chi connectivity index (χ0n) is 11.6. The highest BCUT2D eigenvalue weighted by atomic mass is 32.2. The fraction of sp³-hybridized carbons (Fsp3) is 0.571. The van der Waals surface area contributed by atoms with E-state index in [1.165, 1.54) is 0 Å². The van der Waals surface area contributed by atoms with Gasteiger partial charge in [0.25, 0.3) is 0 Å². The Morgan fingerprint density at radius 1 is 1.32 bits per heavy atom. The van der Waals surface area contributed by atoms with Gasteiger partial charge in [-0.15, -0.1) is 0 Å². The monoisotopic (exact) mass is 282 g/mol. The van der Waals surface area contributed by atoms with Crippen molar-refractivity contribution in [2.24, 2.45) is 0 Å². The molecule has 1 aliphatic carbocycles. The second kappa shape index (κ2) is 5.51. The number of nitrogen functional groups attached to an aromatic ring is 1. The molecule has 0 bridgehead atoms. The van der Waals surface area contributed by atoms with Crippen LogP contribution in [0.15, 0.2) is 23.1 Å². The van der Waals surface area contributed by atoms with Gasteiger partial charge in [-0.2, -0.15) is 4.31 Å². The van der Waals surface area contributed by atoms with Gasteiger partial charge in [0.1, 0.15) is 0 Å². The van der Waals surface area contributed by atoms with Gasteiger partial charge in [-0.25, -0.2) is 8.42 Å². The molecule has 0 amide bonds. The fourth-order valence-corrected chi connectivity index (χ4v) is 4.81. The molecule has 1 saturated carbocycles. The zero-order valence-corrected chi connectivity index (χ0v) is 12.4. The molecule has 0 saturated heterocycles. The average Bonchev–Trinajstić information content (AvgIpc) is 2.86. The topological polar surface area (TPSA) is 63.4 Å². The zero-order chi connectivity index (χ0) is 14.0. The first kappa shape index (κ1) is 14.3. The third kappa shape index (κ3) is 2.62. The first-order valence-corrected chi connectivity index (χ1v) is 8.29. The minimum absolute atomic E-state index is 0.149. The molecule has 0 aromatic heterocycles. The van der Waals surface area contributed by atoms with E-state index in [1.807, 2.05) is 6.92 Å². The number of anilines is 1. The van der Waals surface area contributed by atoms with Crippen LogP contribution in [0.4, 0.5) is 5.69 Å². The van der Waals surface area contributed by atoms with Crippen molar-refractivity contribution >= 4 is 15.7 Å². The molecule has 106 valence electrons. The van der Waals surface area contributed by atoms with Gasteiger partial charge in [0, 0.05) is 18.3 Å². The Balaban J connectivity index is 2.42. The highest BCUT2D eigenvalue weighted by molar-refractivity contribution is 7.89. The molecule has 4 nitrogen and oxygen atoms in total. The minimum Gasteiger partial charge on any atom is -0.398 e. The van der Waals surface area contributed by atoms with Crippen LogP contribution in [0.2, 0.25) is 0 Å². The van der Waals surface area contributed by atoms with Gasteiger partial charge in [-0.1, -0.05) is 25.8 Å². The van der Waals surface area contributed by atoms with Crippen molar-refractivity contribution in [1.82, 2.24) is 4.31 Å². The van der Waals surface area contributed by atoms with E-state index in [-0.39, 0.29) is 6.04 Å². The smallest absolute Gasteiger partial charge is 0.243 e. The minimum atomic E-state index is -3.43. The summed E-state index contributed by atoms with van der Waals surface area (Å²) in [7, 11) is -3.43. The summed E-state index contributed by atoms with van der Waals surface area (Å²) in [4.78, 5) is 0.348. The average molecular weight is 282 g/mol. The van der Waals surface area contributed by atoms with E-state index in [1.54, 1.807) is 29.4 Å². The van der Waals surface area contributed by atoms with Gasteiger partial charge >= 0.3 is 0 Å². The Bertz CT molecular complexity index is 549. The van der Waals surface area contributed by atoms with Gasteiger partial charge in [-0.05, 0) is 37.5 Å². The Kier molecular flexibility index (Phi) is 4.16. The molecular weight excluding hydrogens is 260 g/mol. The molecule has 0 spiro atoms. The highest BCUT2D eigenvalue weighted by Crippen LogP contribution is 2.30. The van der Waals surface area contributed by atoms with Gasteiger partial charge in [0.2, 0.25) is 10.0 Å². The molecule has 0 heterocycles. The molecule has 2 N–H and O–H groups in total. The molecular formula is C14H22N2O2S. The SMILES string of the molecule is CCN(C1CCCC1)S(=O)(=O)c1cccc(N)c1C. The van der Waals surface area contributed by atoms with Gasteiger partial charge < -0.3 is 5.73 Å². The molecule has 0 radical (unpaired) electrons. The Labute approximate surface area is 115 Å². The number of nitrogens with two attached hydrogens (primary N) is 1. The molecule has 19 heavy (non-hydrogen) atoms. The van der Waals surface area contributed by atoms with Crippen LogP contribution >= 0.6 is 0 Å². The van der Waals surface area contributed by atoms with Crippen molar-refractivity contribution in [1.29, 1.82) is 0 Å². The van der Waals surface area contributed by atoms with Crippen LogP contribution < -0.4 is 5.73 Å². The van der Waals surface area contributed by atoms with Crippen LogP contribution in [0.5, 0.6) is 0 Å². The lowest BCUT2D eigenvalue weighted by Crippen LogP contribution is -2.38. The lowest BCUT2D eigenvalue weighted by Gasteiger charge is -2.27. The van der Waals surface area contributed by atoms with Gasteiger partial charge in [-0.3, -0.25) is 0 Å². The van der Waals surface area contributed by atoms with Crippen LogP contribution in [0.1, 0.15) is 38.2 Å². The molecule has 5 heteroatoms. The third-order valence-corrected chi connectivity index (χ3v) is 6.13. The lowest BCUT2D eigenvalue weighted by atomic mass is 10.2. The maximum Gasteiger partial charge on any atom is 0.243 e. The van der Waals surface area contributed by atoms with Gasteiger partial charge in [0.05, 0.1) is 4.90 Å². The molecule has 0 aliphatic heterocycles. The first-order chi connectivity index (χ1) is 8.98. The predicted octanol–water partition coefficient (Wildman–Crippen LogP) is 2.53. The van der Waals surface area contributed by atoms with E-state index < -0.39 is 10.0 Å². The van der Waals surface area contributed by atoms with Crippen LogP contribution in [0.3, 0.4) is 0 Å². The van der Waals surface area contributed by atoms with Crippen molar-refractivity contribution in [3.05, 3.63) is 23.8 Å². The van der Waals surface area contributed by atoms with E-state index >= 15 is 0 Å². The molecule has 1 fully saturated rings. The van der Waals surface area contributed by atoms with Crippen LogP contribution in [0, 0.1) is 6.92 Å². The number of rotatable bonds is 4. The number of hydrogen-bond acceptors (Lipinski definition) is 3. The van der Waals surface area contributed by atoms with Crippen molar-refractivity contribution in [3.8, 4) is 0 Å². The molecule has 1 aromatic carbocycles. The molecule has 0 unspecified atom stereocenters. The molecule has 0 atom stereocenters. The van der Waals surface area contributed by atoms with Crippen molar-refractivity contribution in [2.75, 3.05) is 12.3 Å². The second-order valence-corrected chi connectivity index (χ2v) is 6.98. The van der Waals surface area contributed by atoms with E-state index in [4.69, 9.17) is 5.73 Å². The lowest BCUT2D eigenvalue weighted by molar-refractivity contribution is 0.335. The fourth-order valence-electron chi connectivity index (χ4n) is 2.85. The normalized spacial score (nSPS) is 17.2. The third-order valence-electron chi connectivity index (χ3n) is 3.96. The Morgan fingerprint density at radius 2 is 1.95 bits per heavy atom. The number of benzene rings is 1. The summed E-state index contributed by atoms with van der Waals surface area (Å²) in [5.41, 5.74) is 7.01. The van der Waals surface area contributed by atoms with E-state index in [9.17, 15) is 8.42 Å². The molecule has 1 aliphatic rings. The summed E-state index contributed by atoms with van der Waals surface area (Å²) in [6.45, 7) is 4.18. The maximum atomic E-state index is 12.8. The molecule has 2 rings (SSSR count). The van der Waals surface area contributed by atoms with Crippen LogP contribution in [-0.4, -0.2) is 25.3 Å². The van der Waals surface area contributed by atoms with Crippen molar-refractivity contribution < 1.29 is 8.42 Å². The number of nitrogens with zero attached hydrogens (tertiary/aromatic N) is 1. The Hall–Kier alpha value is -1.07. The standard InChI is InChI=1S/C14H22N2O2S/c1-3-16(12-7-4-5-8-12)19(17,18)14-10-6-9-13(15)11(14)2/h6,9-10,12H,3-5,7-8,15H2,1-2H3. The summed E-state index contributed by atoms with van der Waals surface area (Å²) in [5.74, 6) is 0. The number of sulfonamides is 1. The van der Waals surface area contributed by atoms with Crippen LogP contribution in [0.25, 0.3) is 0 Å². The van der Waals surface area contributed by atoms with E-state index in [0.717, 1.165) is 25.7 Å². The van der Waals surface area contributed by atoms with Crippen molar-refractivity contribution in [3.63, 3.8) is 0 Å². The van der Waals surface area contributed by atoms with E-state index in [2.05, 4.69) is 0 Å². The van der Waals surface area contributed by atoms with E-state index in [0.29, 0.717) is 22.7 Å². The second-order valence-electron chi connectivity index (χ2n) is 5.12. The molecule has 1 aromatic rings. The summed E-state index contributed by atoms with van der Waals surface area (Å²) in [6, 6.07) is 5.24. The maximum absolute atomic E-state index is 12.8. The summed E-state index contributed by atoms with van der Waals surface area (Å²) in [5, 5.41) is 0. The highest BCUT2D eigenvalue weighted by Gasteiger charge is 2.32. The van der Waals surface area contributed by atoms with Crippen LogP contribution in [-0.2, 0) is 10.0 Å². The van der Waals surface area contributed by atoms with Gasteiger partial charge in [0.15, 0.2) is 0 Å². The predicted molar refractivity (Wildman–Crippen MR) is 77.4 cm³/mol. The number of hydrogen-bond donors (Lipinski definition) is 1. The quantitative estimate of drug-likeness (QED) is 0.863. The summed E-state index contributed by atoms with van der Waals surface area (Å²) < 4.78 is 27.2. The first-order valence-electron chi connectivity index (χ1n) is 6.85.